The zero-order valence-electron chi connectivity index (χ0n) is 14.5. The molecule has 5 nitrogen and oxygen atoms in total. The van der Waals surface area contributed by atoms with E-state index in [0.29, 0.717) is 12.2 Å². The van der Waals surface area contributed by atoms with Crippen molar-refractivity contribution in [2.45, 2.75) is 19.8 Å². The second-order valence-electron chi connectivity index (χ2n) is 6.11. The van der Waals surface area contributed by atoms with Crippen LogP contribution in [-0.4, -0.2) is 25.5 Å². The van der Waals surface area contributed by atoms with Crippen LogP contribution in [0.15, 0.2) is 48.5 Å². The molecule has 0 radical (unpaired) electrons. The molecule has 0 aromatic heterocycles. The van der Waals surface area contributed by atoms with E-state index in [9.17, 15) is 9.59 Å². The number of para-hydroxylation sites is 1. The average molecular weight is 338 g/mol. The highest BCUT2D eigenvalue weighted by molar-refractivity contribution is 6.03. The van der Waals surface area contributed by atoms with Crippen LogP contribution in [0.2, 0.25) is 0 Å². The minimum atomic E-state index is -0.348. The standard InChI is InChI=1S/C20H22N2O3/c1-3-14-6-4-5-7-18(14)22-13-15(12-19(22)23)20(24)21-16-8-10-17(25-2)11-9-16/h4-11,15H,3,12-13H2,1-2H3,(H,21,24)/t15-/m0/s1. The summed E-state index contributed by atoms with van der Waals surface area (Å²) in [5.41, 5.74) is 2.73. The third kappa shape index (κ3) is 3.65. The molecule has 5 heteroatoms. The van der Waals surface area contributed by atoms with Gasteiger partial charge in [0, 0.05) is 24.3 Å². The lowest BCUT2D eigenvalue weighted by atomic mass is 10.1. The Morgan fingerprint density at radius 2 is 1.92 bits per heavy atom. The van der Waals surface area contributed by atoms with Crippen molar-refractivity contribution >= 4 is 23.2 Å². The van der Waals surface area contributed by atoms with Gasteiger partial charge in [0.2, 0.25) is 11.8 Å². The molecular weight excluding hydrogens is 316 g/mol. The van der Waals surface area contributed by atoms with E-state index in [1.54, 1.807) is 36.3 Å². The van der Waals surface area contributed by atoms with Gasteiger partial charge in [-0.3, -0.25) is 9.59 Å². The maximum absolute atomic E-state index is 12.5. The van der Waals surface area contributed by atoms with Gasteiger partial charge in [0.25, 0.3) is 0 Å². The second-order valence-corrected chi connectivity index (χ2v) is 6.11. The fourth-order valence-electron chi connectivity index (χ4n) is 3.11. The number of carbonyl (C=O) groups is 2. The zero-order valence-corrected chi connectivity index (χ0v) is 14.5. The van der Waals surface area contributed by atoms with E-state index >= 15 is 0 Å². The van der Waals surface area contributed by atoms with E-state index in [-0.39, 0.29) is 24.2 Å². The van der Waals surface area contributed by atoms with Gasteiger partial charge in [-0.1, -0.05) is 25.1 Å². The fraction of sp³-hybridized carbons (Fsp3) is 0.300. The molecular formula is C20H22N2O3. The lowest BCUT2D eigenvalue weighted by Gasteiger charge is -2.20. The number of amides is 2. The van der Waals surface area contributed by atoms with Gasteiger partial charge < -0.3 is 15.0 Å². The first kappa shape index (κ1) is 17.0. The molecule has 1 aliphatic heterocycles. The van der Waals surface area contributed by atoms with Gasteiger partial charge in [-0.2, -0.15) is 0 Å². The first-order valence-corrected chi connectivity index (χ1v) is 8.45. The van der Waals surface area contributed by atoms with Crippen LogP contribution in [0.3, 0.4) is 0 Å². The second kappa shape index (κ2) is 7.38. The Hall–Kier alpha value is -2.82. The smallest absolute Gasteiger partial charge is 0.229 e. The summed E-state index contributed by atoms with van der Waals surface area (Å²) in [5, 5.41) is 2.88. The average Bonchev–Trinajstić information content (AvgIpc) is 3.04. The Morgan fingerprint density at radius 3 is 2.60 bits per heavy atom. The van der Waals surface area contributed by atoms with Gasteiger partial charge in [0.1, 0.15) is 5.75 Å². The Bertz CT molecular complexity index is 771. The lowest BCUT2D eigenvalue weighted by Crippen LogP contribution is -2.28. The summed E-state index contributed by atoms with van der Waals surface area (Å²) in [5.74, 6) is 0.252. The van der Waals surface area contributed by atoms with E-state index in [4.69, 9.17) is 4.74 Å². The molecule has 2 amide bonds. The van der Waals surface area contributed by atoms with Crippen LogP contribution in [0.25, 0.3) is 0 Å². The first-order valence-electron chi connectivity index (χ1n) is 8.45. The number of aryl methyl sites for hydroxylation is 1. The third-order valence-corrected chi connectivity index (χ3v) is 4.52. The van der Waals surface area contributed by atoms with Crippen LogP contribution in [0, 0.1) is 5.92 Å². The summed E-state index contributed by atoms with van der Waals surface area (Å²) in [6.45, 7) is 2.48. The van der Waals surface area contributed by atoms with Gasteiger partial charge in [0.05, 0.1) is 13.0 Å². The number of anilines is 2. The van der Waals surface area contributed by atoms with Crippen molar-refractivity contribution in [3.8, 4) is 5.75 Å². The quantitative estimate of drug-likeness (QED) is 0.910. The van der Waals surface area contributed by atoms with Crippen molar-refractivity contribution in [1.82, 2.24) is 0 Å². The number of benzene rings is 2. The molecule has 0 aliphatic carbocycles. The molecule has 0 unspecified atom stereocenters. The Labute approximate surface area is 147 Å². The molecule has 1 N–H and O–H groups in total. The van der Waals surface area contributed by atoms with Gasteiger partial charge in [-0.25, -0.2) is 0 Å². The molecule has 1 atom stereocenters. The number of nitrogens with one attached hydrogen (secondary N) is 1. The Kier molecular flexibility index (Phi) is 5.03. The van der Waals surface area contributed by atoms with Crippen molar-refractivity contribution in [2.75, 3.05) is 23.9 Å². The van der Waals surface area contributed by atoms with E-state index in [2.05, 4.69) is 12.2 Å². The first-order chi connectivity index (χ1) is 12.1. The highest BCUT2D eigenvalue weighted by Crippen LogP contribution is 2.29. The largest absolute Gasteiger partial charge is 0.497 e. The van der Waals surface area contributed by atoms with Crippen LogP contribution in [0.4, 0.5) is 11.4 Å². The minimum absolute atomic E-state index is 0.00391. The molecule has 0 saturated carbocycles. The number of hydrogen-bond acceptors (Lipinski definition) is 3. The summed E-state index contributed by atoms with van der Waals surface area (Å²) in [6, 6.07) is 15.0. The molecule has 0 bridgehead atoms. The summed E-state index contributed by atoms with van der Waals surface area (Å²) >= 11 is 0. The molecule has 1 aliphatic rings. The van der Waals surface area contributed by atoms with E-state index < -0.39 is 0 Å². The maximum atomic E-state index is 12.5. The van der Waals surface area contributed by atoms with Gasteiger partial charge >= 0.3 is 0 Å². The number of hydrogen-bond donors (Lipinski definition) is 1. The number of methoxy groups -OCH3 is 1. The van der Waals surface area contributed by atoms with Crippen molar-refractivity contribution < 1.29 is 14.3 Å². The van der Waals surface area contributed by atoms with Crippen LogP contribution in [-0.2, 0) is 16.0 Å². The Morgan fingerprint density at radius 1 is 1.20 bits per heavy atom. The molecule has 2 aromatic carbocycles. The molecule has 3 rings (SSSR count). The summed E-state index contributed by atoms with van der Waals surface area (Å²) < 4.78 is 5.11. The fourth-order valence-corrected chi connectivity index (χ4v) is 3.11. The summed E-state index contributed by atoms with van der Waals surface area (Å²) in [6.07, 6.45) is 1.09. The molecule has 25 heavy (non-hydrogen) atoms. The predicted octanol–water partition coefficient (Wildman–Crippen LogP) is 3.25. The number of ether oxygens (including phenoxy) is 1. The highest BCUT2D eigenvalue weighted by atomic mass is 16.5. The topological polar surface area (TPSA) is 58.6 Å². The summed E-state index contributed by atoms with van der Waals surface area (Å²) in [4.78, 5) is 26.7. The maximum Gasteiger partial charge on any atom is 0.229 e. The number of nitrogens with zero attached hydrogens (tertiary/aromatic N) is 1. The molecule has 1 saturated heterocycles. The van der Waals surface area contributed by atoms with Gasteiger partial charge in [-0.15, -0.1) is 0 Å². The monoisotopic (exact) mass is 338 g/mol. The van der Waals surface area contributed by atoms with Crippen LogP contribution in [0.1, 0.15) is 18.9 Å². The molecule has 2 aromatic rings. The normalized spacial score (nSPS) is 16.8. The summed E-state index contributed by atoms with van der Waals surface area (Å²) in [7, 11) is 1.60. The minimum Gasteiger partial charge on any atom is -0.497 e. The van der Waals surface area contributed by atoms with E-state index in [1.807, 2.05) is 24.3 Å². The van der Waals surface area contributed by atoms with Crippen molar-refractivity contribution in [1.29, 1.82) is 0 Å². The highest BCUT2D eigenvalue weighted by Gasteiger charge is 2.35. The molecule has 130 valence electrons. The third-order valence-electron chi connectivity index (χ3n) is 4.52. The van der Waals surface area contributed by atoms with Crippen molar-refractivity contribution in [3.63, 3.8) is 0 Å². The Balaban J connectivity index is 1.70. The number of carbonyl (C=O) groups excluding carboxylic acids is 2. The molecule has 1 fully saturated rings. The van der Waals surface area contributed by atoms with Gasteiger partial charge in [0.15, 0.2) is 0 Å². The lowest BCUT2D eigenvalue weighted by molar-refractivity contribution is -0.122. The van der Waals surface area contributed by atoms with E-state index in [1.165, 1.54) is 0 Å². The van der Waals surface area contributed by atoms with Gasteiger partial charge in [-0.05, 0) is 42.3 Å². The van der Waals surface area contributed by atoms with Crippen LogP contribution in [0.5, 0.6) is 5.75 Å². The van der Waals surface area contributed by atoms with Crippen molar-refractivity contribution in [2.24, 2.45) is 5.92 Å². The van der Waals surface area contributed by atoms with Crippen molar-refractivity contribution in [3.05, 3.63) is 54.1 Å². The van der Waals surface area contributed by atoms with Crippen LogP contribution < -0.4 is 15.0 Å². The molecule has 1 heterocycles. The number of rotatable bonds is 5. The molecule has 0 spiro atoms. The zero-order chi connectivity index (χ0) is 17.8. The SMILES string of the molecule is CCc1ccccc1N1C[C@@H](C(=O)Nc2ccc(OC)cc2)CC1=O. The van der Waals surface area contributed by atoms with E-state index in [0.717, 1.165) is 23.4 Å². The van der Waals surface area contributed by atoms with Crippen LogP contribution >= 0.6 is 0 Å². The predicted molar refractivity (Wildman–Crippen MR) is 97.9 cm³/mol.